The van der Waals surface area contributed by atoms with E-state index < -0.39 is 0 Å². The number of nitrogens with one attached hydrogen (secondary N) is 1. The van der Waals surface area contributed by atoms with E-state index in [2.05, 4.69) is 21.8 Å². The third-order valence-electron chi connectivity index (χ3n) is 4.67. The topological polar surface area (TPSA) is 60.0 Å². The average Bonchev–Trinajstić information content (AvgIpc) is 3.32. The Kier molecular flexibility index (Phi) is 4.81. The molecule has 0 radical (unpaired) electrons. The minimum absolute atomic E-state index is 0.715. The number of anilines is 1. The van der Waals surface area contributed by atoms with Crippen LogP contribution in [0.4, 0.5) is 5.82 Å². The number of imidazole rings is 1. The first-order chi connectivity index (χ1) is 13.1. The van der Waals surface area contributed by atoms with Crippen molar-refractivity contribution in [2.75, 3.05) is 11.9 Å². The molecule has 138 valence electrons. The van der Waals surface area contributed by atoms with Gasteiger partial charge in [0.1, 0.15) is 5.82 Å². The Labute approximate surface area is 162 Å². The zero-order valence-corrected chi connectivity index (χ0v) is 16.1. The molecule has 27 heavy (non-hydrogen) atoms. The monoisotopic (exact) mass is 380 g/mol. The summed E-state index contributed by atoms with van der Waals surface area (Å²) in [6.07, 6.45) is 6.61. The molecule has 1 aromatic carbocycles. The molecule has 4 rings (SSSR count). The Bertz CT molecular complexity index is 1050. The van der Waals surface area contributed by atoms with E-state index in [-0.39, 0.29) is 0 Å². The van der Waals surface area contributed by atoms with E-state index in [4.69, 9.17) is 21.7 Å². The molecular formula is C20H21ClN6. The SMILES string of the molecule is Cc1nc2cc(-c3ccc(Cl)cc3)nn2c(NCCCn2ccnc2)c1C. The van der Waals surface area contributed by atoms with Crippen molar-refractivity contribution >= 4 is 23.1 Å². The maximum absolute atomic E-state index is 6.00. The second kappa shape index (κ2) is 7.40. The molecule has 0 saturated carbocycles. The molecule has 3 heterocycles. The fourth-order valence-electron chi connectivity index (χ4n) is 3.06. The summed E-state index contributed by atoms with van der Waals surface area (Å²) < 4.78 is 3.97. The van der Waals surface area contributed by atoms with E-state index in [1.165, 1.54) is 0 Å². The van der Waals surface area contributed by atoms with Gasteiger partial charge in [0.15, 0.2) is 5.65 Å². The Morgan fingerprint density at radius 3 is 2.70 bits per heavy atom. The maximum atomic E-state index is 6.00. The van der Waals surface area contributed by atoms with Crippen molar-refractivity contribution in [1.29, 1.82) is 0 Å². The van der Waals surface area contributed by atoms with E-state index in [0.29, 0.717) is 5.02 Å². The third kappa shape index (κ3) is 3.66. The number of benzene rings is 1. The van der Waals surface area contributed by atoms with Gasteiger partial charge in [0.2, 0.25) is 0 Å². The number of hydrogen-bond acceptors (Lipinski definition) is 4. The first-order valence-electron chi connectivity index (χ1n) is 8.94. The van der Waals surface area contributed by atoms with E-state index in [0.717, 1.165) is 53.5 Å². The number of rotatable bonds is 6. The zero-order valence-electron chi connectivity index (χ0n) is 15.4. The van der Waals surface area contributed by atoms with Crippen LogP contribution in [0.1, 0.15) is 17.7 Å². The van der Waals surface area contributed by atoms with E-state index >= 15 is 0 Å². The fourth-order valence-corrected chi connectivity index (χ4v) is 3.18. The van der Waals surface area contributed by atoms with Crippen molar-refractivity contribution < 1.29 is 0 Å². The van der Waals surface area contributed by atoms with Crippen LogP contribution in [0.3, 0.4) is 0 Å². The number of hydrogen-bond donors (Lipinski definition) is 1. The van der Waals surface area contributed by atoms with Crippen LogP contribution >= 0.6 is 11.6 Å². The minimum Gasteiger partial charge on any atom is -0.370 e. The summed E-state index contributed by atoms with van der Waals surface area (Å²) in [6.45, 7) is 5.87. The number of halogens is 1. The number of aromatic nitrogens is 5. The second-order valence-corrected chi connectivity index (χ2v) is 6.99. The lowest BCUT2D eigenvalue weighted by Crippen LogP contribution is -2.12. The molecule has 0 atom stereocenters. The molecule has 0 fully saturated rings. The number of nitrogens with zero attached hydrogens (tertiary/aromatic N) is 5. The molecule has 7 heteroatoms. The predicted octanol–water partition coefficient (Wildman–Crippen LogP) is 4.37. The smallest absolute Gasteiger partial charge is 0.158 e. The minimum atomic E-state index is 0.715. The largest absolute Gasteiger partial charge is 0.370 e. The van der Waals surface area contributed by atoms with Gasteiger partial charge in [-0.25, -0.2) is 9.97 Å². The molecule has 0 aliphatic heterocycles. The highest BCUT2D eigenvalue weighted by Crippen LogP contribution is 2.25. The van der Waals surface area contributed by atoms with Crippen molar-refractivity contribution in [3.63, 3.8) is 0 Å². The molecule has 0 aliphatic rings. The number of aryl methyl sites for hydroxylation is 2. The zero-order chi connectivity index (χ0) is 18.8. The Hall–Kier alpha value is -2.86. The van der Waals surface area contributed by atoms with Crippen LogP contribution in [0.25, 0.3) is 16.9 Å². The van der Waals surface area contributed by atoms with Crippen LogP contribution in [-0.2, 0) is 6.54 Å². The third-order valence-corrected chi connectivity index (χ3v) is 4.92. The van der Waals surface area contributed by atoms with Gasteiger partial charge in [-0.1, -0.05) is 23.7 Å². The van der Waals surface area contributed by atoms with Crippen LogP contribution in [0.2, 0.25) is 5.02 Å². The molecule has 0 aliphatic carbocycles. The summed E-state index contributed by atoms with van der Waals surface area (Å²) >= 11 is 6.00. The first-order valence-corrected chi connectivity index (χ1v) is 9.32. The van der Waals surface area contributed by atoms with Crippen LogP contribution in [0, 0.1) is 13.8 Å². The van der Waals surface area contributed by atoms with Gasteiger partial charge in [-0.3, -0.25) is 0 Å². The van der Waals surface area contributed by atoms with Crippen molar-refractivity contribution in [2.45, 2.75) is 26.8 Å². The molecule has 6 nitrogen and oxygen atoms in total. The average molecular weight is 381 g/mol. The van der Waals surface area contributed by atoms with Gasteiger partial charge in [-0.15, -0.1) is 0 Å². The molecular weight excluding hydrogens is 360 g/mol. The molecule has 0 saturated heterocycles. The van der Waals surface area contributed by atoms with Gasteiger partial charge in [0.05, 0.1) is 12.0 Å². The summed E-state index contributed by atoms with van der Waals surface area (Å²) in [6, 6.07) is 9.70. The Morgan fingerprint density at radius 1 is 1.15 bits per heavy atom. The fraction of sp³-hybridized carbons (Fsp3) is 0.250. The predicted molar refractivity (Wildman–Crippen MR) is 108 cm³/mol. The number of fused-ring (bicyclic) bond motifs is 1. The molecule has 3 aromatic heterocycles. The molecule has 4 aromatic rings. The van der Waals surface area contributed by atoms with Gasteiger partial charge in [-0.2, -0.15) is 9.61 Å². The summed E-state index contributed by atoms with van der Waals surface area (Å²) in [5.41, 5.74) is 4.84. The van der Waals surface area contributed by atoms with E-state index in [1.807, 2.05) is 54.3 Å². The normalized spacial score (nSPS) is 11.2. The first kappa shape index (κ1) is 17.5. The summed E-state index contributed by atoms with van der Waals surface area (Å²) in [4.78, 5) is 8.77. The summed E-state index contributed by atoms with van der Waals surface area (Å²) in [7, 11) is 0. The van der Waals surface area contributed by atoms with Gasteiger partial charge in [0, 0.05) is 53.4 Å². The van der Waals surface area contributed by atoms with Gasteiger partial charge in [0.25, 0.3) is 0 Å². The lowest BCUT2D eigenvalue weighted by atomic mass is 10.1. The van der Waals surface area contributed by atoms with Crippen LogP contribution in [0.5, 0.6) is 0 Å². The van der Waals surface area contributed by atoms with Gasteiger partial charge in [-0.05, 0) is 32.4 Å². The second-order valence-electron chi connectivity index (χ2n) is 6.56. The highest BCUT2D eigenvalue weighted by atomic mass is 35.5. The van der Waals surface area contributed by atoms with Crippen LogP contribution in [-0.4, -0.2) is 30.7 Å². The molecule has 1 N–H and O–H groups in total. The highest BCUT2D eigenvalue weighted by Gasteiger charge is 2.13. The van der Waals surface area contributed by atoms with Crippen molar-refractivity contribution in [3.05, 3.63) is 65.3 Å². The van der Waals surface area contributed by atoms with E-state index in [1.54, 1.807) is 6.20 Å². The van der Waals surface area contributed by atoms with Gasteiger partial charge < -0.3 is 9.88 Å². The van der Waals surface area contributed by atoms with Crippen LogP contribution in [0.15, 0.2) is 49.1 Å². The molecule has 0 bridgehead atoms. The van der Waals surface area contributed by atoms with Crippen LogP contribution < -0.4 is 5.32 Å². The summed E-state index contributed by atoms with van der Waals surface area (Å²) in [5.74, 6) is 0.989. The van der Waals surface area contributed by atoms with Crippen molar-refractivity contribution in [3.8, 4) is 11.3 Å². The van der Waals surface area contributed by atoms with E-state index in [9.17, 15) is 0 Å². The quantitative estimate of drug-likeness (QED) is 0.505. The highest BCUT2D eigenvalue weighted by molar-refractivity contribution is 6.30. The molecule has 0 spiro atoms. The van der Waals surface area contributed by atoms with Crippen molar-refractivity contribution in [2.24, 2.45) is 0 Å². The maximum Gasteiger partial charge on any atom is 0.158 e. The molecule has 0 unspecified atom stereocenters. The Morgan fingerprint density at radius 2 is 1.96 bits per heavy atom. The Balaban J connectivity index is 1.60. The lowest BCUT2D eigenvalue weighted by molar-refractivity contribution is 0.658. The lowest BCUT2D eigenvalue weighted by Gasteiger charge is -2.13. The van der Waals surface area contributed by atoms with Gasteiger partial charge >= 0.3 is 0 Å². The molecule has 0 amide bonds. The summed E-state index contributed by atoms with van der Waals surface area (Å²) in [5, 5.41) is 9.03. The van der Waals surface area contributed by atoms with Crippen molar-refractivity contribution in [1.82, 2.24) is 24.1 Å². The standard InChI is InChI=1S/C20H21ClN6/c1-14-15(2)24-19-12-18(16-4-6-17(21)7-5-16)25-27(19)20(14)23-8-3-10-26-11-9-22-13-26/h4-7,9,11-13,23H,3,8,10H2,1-2H3.